The van der Waals surface area contributed by atoms with E-state index in [1.54, 1.807) is 38.5 Å². The first-order chi connectivity index (χ1) is 10.7. The first-order valence-corrected chi connectivity index (χ1v) is 7.06. The number of aromatic nitrogens is 2. The fourth-order valence-electron chi connectivity index (χ4n) is 2.21. The number of nitrogens with zero attached hydrogens (tertiary/aromatic N) is 2. The Morgan fingerprint density at radius 3 is 2.59 bits per heavy atom. The number of hydrogen-bond donors (Lipinski definition) is 1. The monoisotopic (exact) mass is 299 g/mol. The molecule has 0 spiro atoms. The van der Waals surface area contributed by atoms with E-state index in [0.717, 1.165) is 18.5 Å². The van der Waals surface area contributed by atoms with Crippen molar-refractivity contribution in [2.24, 2.45) is 0 Å². The van der Waals surface area contributed by atoms with Crippen molar-refractivity contribution in [1.29, 1.82) is 0 Å². The molecule has 1 N–H and O–H groups in total. The highest BCUT2D eigenvalue weighted by atomic mass is 16.5. The van der Waals surface area contributed by atoms with Crippen molar-refractivity contribution in [3.63, 3.8) is 0 Å². The zero-order valence-corrected chi connectivity index (χ0v) is 12.5. The lowest BCUT2D eigenvalue weighted by Gasteiger charge is -2.10. The second-order valence-corrected chi connectivity index (χ2v) is 5.13. The van der Waals surface area contributed by atoms with E-state index in [1.165, 1.54) is 6.33 Å². The highest BCUT2D eigenvalue weighted by molar-refractivity contribution is 6.03. The van der Waals surface area contributed by atoms with Gasteiger partial charge in [-0.2, -0.15) is 0 Å². The molecule has 114 valence electrons. The van der Waals surface area contributed by atoms with E-state index in [4.69, 9.17) is 9.47 Å². The maximum atomic E-state index is 12.3. The number of rotatable bonds is 5. The standard InChI is InChI=1S/C16H17N3O3/c1-21-14-6-5-11(7-15(14)22-2)19-16(20)13-8-12(10-3-4-10)17-9-18-13/h5-10H,3-4H2,1-2H3,(H,19,20). The third-order valence-corrected chi connectivity index (χ3v) is 3.56. The Balaban J connectivity index is 1.77. The van der Waals surface area contributed by atoms with Gasteiger partial charge in [0.25, 0.3) is 5.91 Å². The largest absolute Gasteiger partial charge is 0.493 e. The van der Waals surface area contributed by atoms with Crippen LogP contribution in [0.4, 0.5) is 5.69 Å². The summed E-state index contributed by atoms with van der Waals surface area (Å²) in [5, 5.41) is 2.81. The highest BCUT2D eigenvalue weighted by Crippen LogP contribution is 2.38. The maximum absolute atomic E-state index is 12.3. The normalized spacial score (nSPS) is 13.5. The van der Waals surface area contributed by atoms with Crippen LogP contribution in [0.5, 0.6) is 11.5 Å². The van der Waals surface area contributed by atoms with Crippen LogP contribution in [0.2, 0.25) is 0 Å². The molecule has 1 fully saturated rings. The Labute approximate surface area is 128 Å². The summed E-state index contributed by atoms with van der Waals surface area (Å²) in [6.07, 6.45) is 3.71. The predicted molar refractivity (Wildman–Crippen MR) is 81.5 cm³/mol. The van der Waals surface area contributed by atoms with E-state index in [9.17, 15) is 4.79 Å². The third kappa shape index (κ3) is 3.00. The number of hydrogen-bond acceptors (Lipinski definition) is 5. The number of carbonyl (C=O) groups excluding carboxylic acids is 1. The second kappa shape index (κ2) is 6.01. The summed E-state index contributed by atoms with van der Waals surface area (Å²) >= 11 is 0. The molecule has 2 aromatic rings. The minimum Gasteiger partial charge on any atom is -0.493 e. The van der Waals surface area contributed by atoms with E-state index in [0.29, 0.717) is 28.8 Å². The minimum absolute atomic E-state index is 0.267. The summed E-state index contributed by atoms with van der Waals surface area (Å²) in [4.78, 5) is 20.5. The summed E-state index contributed by atoms with van der Waals surface area (Å²) in [6.45, 7) is 0. The lowest BCUT2D eigenvalue weighted by atomic mass is 10.2. The molecule has 0 unspecified atom stereocenters. The highest BCUT2D eigenvalue weighted by Gasteiger charge is 2.26. The molecule has 1 aromatic heterocycles. The van der Waals surface area contributed by atoms with Gasteiger partial charge in [0.05, 0.1) is 14.2 Å². The number of carbonyl (C=O) groups is 1. The average molecular weight is 299 g/mol. The lowest BCUT2D eigenvalue weighted by molar-refractivity contribution is 0.102. The molecular weight excluding hydrogens is 282 g/mol. The molecule has 6 heteroatoms. The van der Waals surface area contributed by atoms with Gasteiger partial charge in [-0.3, -0.25) is 4.79 Å². The van der Waals surface area contributed by atoms with Gasteiger partial charge in [0.1, 0.15) is 12.0 Å². The molecule has 0 bridgehead atoms. The predicted octanol–water partition coefficient (Wildman–Crippen LogP) is 2.62. The van der Waals surface area contributed by atoms with Crippen LogP contribution in [-0.4, -0.2) is 30.1 Å². The van der Waals surface area contributed by atoms with Gasteiger partial charge in [0, 0.05) is 23.4 Å². The van der Waals surface area contributed by atoms with E-state index >= 15 is 0 Å². The molecule has 1 saturated carbocycles. The van der Waals surface area contributed by atoms with Crippen molar-refractivity contribution in [3.05, 3.63) is 42.0 Å². The quantitative estimate of drug-likeness (QED) is 0.918. The molecule has 1 aliphatic rings. The fourth-order valence-corrected chi connectivity index (χ4v) is 2.21. The van der Waals surface area contributed by atoms with Gasteiger partial charge in [0.15, 0.2) is 11.5 Å². The molecule has 22 heavy (non-hydrogen) atoms. The number of anilines is 1. The first kappa shape index (κ1) is 14.3. The third-order valence-electron chi connectivity index (χ3n) is 3.56. The van der Waals surface area contributed by atoms with Crippen LogP contribution in [0.3, 0.4) is 0 Å². The zero-order valence-electron chi connectivity index (χ0n) is 12.5. The molecule has 0 atom stereocenters. The van der Waals surface area contributed by atoms with Gasteiger partial charge in [-0.05, 0) is 31.0 Å². The maximum Gasteiger partial charge on any atom is 0.274 e. The number of benzene rings is 1. The van der Waals surface area contributed by atoms with E-state index in [2.05, 4.69) is 15.3 Å². The molecule has 0 aliphatic heterocycles. The average Bonchev–Trinajstić information content (AvgIpc) is 3.39. The molecule has 6 nitrogen and oxygen atoms in total. The SMILES string of the molecule is COc1ccc(NC(=O)c2cc(C3CC3)ncn2)cc1OC. The Kier molecular flexibility index (Phi) is 3.91. The summed E-state index contributed by atoms with van der Waals surface area (Å²) in [5.41, 5.74) is 1.92. The van der Waals surface area contributed by atoms with Crippen LogP contribution < -0.4 is 14.8 Å². The Morgan fingerprint density at radius 1 is 1.14 bits per heavy atom. The summed E-state index contributed by atoms with van der Waals surface area (Å²) < 4.78 is 10.4. The molecule has 3 rings (SSSR count). The van der Waals surface area contributed by atoms with Crippen molar-refractivity contribution >= 4 is 11.6 Å². The van der Waals surface area contributed by atoms with Gasteiger partial charge in [-0.15, -0.1) is 0 Å². The van der Waals surface area contributed by atoms with Crippen LogP contribution in [0.25, 0.3) is 0 Å². The van der Waals surface area contributed by atoms with Crippen LogP contribution in [0.15, 0.2) is 30.6 Å². The van der Waals surface area contributed by atoms with Crippen LogP contribution in [0.1, 0.15) is 34.9 Å². The number of methoxy groups -OCH3 is 2. The Hall–Kier alpha value is -2.63. The number of ether oxygens (including phenoxy) is 2. The summed E-state index contributed by atoms with van der Waals surface area (Å²) in [6, 6.07) is 6.96. The van der Waals surface area contributed by atoms with Crippen molar-refractivity contribution in [1.82, 2.24) is 9.97 Å². The summed E-state index contributed by atoms with van der Waals surface area (Å²) in [7, 11) is 3.12. The van der Waals surface area contributed by atoms with E-state index < -0.39 is 0 Å². The Morgan fingerprint density at radius 2 is 1.91 bits per heavy atom. The smallest absolute Gasteiger partial charge is 0.274 e. The molecule has 0 saturated heterocycles. The number of nitrogens with one attached hydrogen (secondary N) is 1. The van der Waals surface area contributed by atoms with Gasteiger partial charge < -0.3 is 14.8 Å². The van der Waals surface area contributed by atoms with Crippen molar-refractivity contribution in [2.45, 2.75) is 18.8 Å². The first-order valence-electron chi connectivity index (χ1n) is 7.06. The Bertz CT molecular complexity index is 699. The van der Waals surface area contributed by atoms with Crippen LogP contribution in [0, 0.1) is 0 Å². The van der Waals surface area contributed by atoms with Gasteiger partial charge >= 0.3 is 0 Å². The van der Waals surface area contributed by atoms with Crippen molar-refractivity contribution in [2.75, 3.05) is 19.5 Å². The fraction of sp³-hybridized carbons (Fsp3) is 0.312. The summed E-state index contributed by atoms with van der Waals surface area (Å²) in [5.74, 6) is 1.38. The molecule has 1 aromatic carbocycles. The lowest BCUT2D eigenvalue weighted by Crippen LogP contribution is -2.14. The van der Waals surface area contributed by atoms with Crippen LogP contribution in [-0.2, 0) is 0 Å². The van der Waals surface area contributed by atoms with Crippen LogP contribution >= 0.6 is 0 Å². The van der Waals surface area contributed by atoms with E-state index in [1.807, 2.05) is 0 Å². The molecular formula is C16H17N3O3. The van der Waals surface area contributed by atoms with E-state index in [-0.39, 0.29) is 5.91 Å². The molecule has 1 heterocycles. The minimum atomic E-state index is -0.267. The van der Waals surface area contributed by atoms with Gasteiger partial charge in [-0.25, -0.2) is 9.97 Å². The topological polar surface area (TPSA) is 73.3 Å². The molecule has 1 aliphatic carbocycles. The van der Waals surface area contributed by atoms with Crippen molar-refractivity contribution in [3.8, 4) is 11.5 Å². The molecule has 0 radical (unpaired) electrons. The van der Waals surface area contributed by atoms with Gasteiger partial charge in [-0.1, -0.05) is 0 Å². The molecule has 1 amide bonds. The van der Waals surface area contributed by atoms with Crippen molar-refractivity contribution < 1.29 is 14.3 Å². The zero-order chi connectivity index (χ0) is 15.5. The van der Waals surface area contributed by atoms with Gasteiger partial charge in [0.2, 0.25) is 0 Å². The second-order valence-electron chi connectivity index (χ2n) is 5.13. The number of amides is 1.